The molecular formula is C23H18ClFN4O3S. The lowest BCUT2D eigenvalue weighted by Crippen LogP contribution is -2.16. The molecule has 2 aromatic carbocycles. The molecule has 2 heterocycles. The van der Waals surface area contributed by atoms with Gasteiger partial charge in [0.05, 0.1) is 16.8 Å². The molecule has 2 N–H and O–H groups in total. The minimum Gasteiger partial charge on any atom is -0.443 e. The van der Waals surface area contributed by atoms with E-state index in [-0.39, 0.29) is 28.3 Å². The van der Waals surface area contributed by atoms with Crippen LogP contribution in [0.2, 0.25) is 5.02 Å². The summed E-state index contributed by atoms with van der Waals surface area (Å²) < 4.78 is 19.6. The van der Waals surface area contributed by atoms with Crippen molar-refractivity contribution in [2.24, 2.45) is 0 Å². The van der Waals surface area contributed by atoms with Gasteiger partial charge in [0, 0.05) is 16.1 Å². The zero-order chi connectivity index (χ0) is 23.5. The number of thioether (sulfide) groups is 1. The van der Waals surface area contributed by atoms with Gasteiger partial charge < -0.3 is 15.1 Å². The summed E-state index contributed by atoms with van der Waals surface area (Å²) in [6.07, 6.45) is 0. The van der Waals surface area contributed by atoms with E-state index in [1.165, 1.54) is 18.2 Å². The van der Waals surface area contributed by atoms with Gasteiger partial charge in [0.25, 0.3) is 5.91 Å². The number of fused-ring (bicyclic) bond motifs is 1. The van der Waals surface area contributed by atoms with Crippen molar-refractivity contribution >= 4 is 57.8 Å². The second-order valence-electron chi connectivity index (χ2n) is 7.10. The van der Waals surface area contributed by atoms with Crippen LogP contribution in [0.5, 0.6) is 0 Å². The molecule has 0 atom stereocenters. The van der Waals surface area contributed by atoms with Gasteiger partial charge in [0.15, 0.2) is 5.16 Å². The zero-order valence-corrected chi connectivity index (χ0v) is 19.2. The van der Waals surface area contributed by atoms with Crippen LogP contribution in [-0.4, -0.2) is 27.5 Å². The SMILES string of the molecule is Cc1oc2nc(SCC(=O)Nc3cc(Cl)ccc3F)nc(NC(=O)c3ccccc3)c2c1C. The number of amides is 2. The number of halogens is 2. The van der Waals surface area contributed by atoms with E-state index in [1.807, 2.05) is 13.0 Å². The van der Waals surface area contributed by atoms with Gasteiger partial charge in [0.2, 0.25) is 11.6 Å². The van der Waals surface area contributed by atoms with Crippen LogP contribution in [0.4, 0.5) is 15.9 Å². The van der Waals surface area contributed by atoms with Gasteiger partial charge >= 0.3 is 0 Å². The van der Waals surface area contributed by atoms with Crippen LogP contribution in [0.15, 0.2) is 58.1 Å². The van der Waals surface area contributed by atoms with Crippen LogP contribution in [0.25, 0.3) is 11.1 Å². The predicted octanol–water partition coefficient (Wildman–Crippen LogP) is 5.62. The van der Waals surface area contributed by atoms with Crippen LogP contribution in [0.3, 0.4) is 0 Å². The number of benzene rings is 2. The molecule has 0 bridgehead atoms. The predicted molar refractivity (Wildman–Crippen MR) is 126 cm³/mol. The van der Waals surface area contributed by atoms with Gasteiger partial charge in [-0.25, -0.2) is 9.37 Å². The van der Waals surface area contributed by atoms with E-state index >= 15 is 0 Å². The maximum absolute atomic E-state index is 13.9. The Morgan fingerprint density at radius 3 is 2.61 bits per heavy atom. The lowest BCUT2D eigenvalue weighted by atomic mass is 10.2. The van der Waals surface area contributed by atoms with Crippen molar-refractivity contribution in [2.45, 2.75) is 19.0 Å². The Labute approximate surface area is 197 Å². The lowest BCUT2D eigenvalue weighted by Gasteiger charge is -2.09. The highest BCUT2D eigenvalue weighted by molar-refractivity contribution is 7.99. The molecule has 10 heteroatoms. The Morgan fingerprint density at radius 1 is 1.09 bits per heavy atom. The first-order valence-electron chi connectivity index (χ1n) is 9.83. The average Bonchev–Trinajstić information content (AvgIpc) is 3.09. The maximum Gasteiger partial charge on any atom is 0.256 e. The molecule has 4 rings (SSSR count). The third-order valence-electron chi connectivity index (χ3n) is 4.81. The van der Waals surface area contributed by atoms with Crippen LogP contribution < -0.4 is 10.6 Å². The van der Waals surface area contributed by atoms with E-state index in [4.69, 9.17) is 16.0 Å². The first-order valence-corrected chi connectivity index (χ1v) is 11.2. The molecule has 0 unspecified atom stereocenters. The standard InChI is InChI=1S/C23H18ClFN4O3S/c1-12-13(2)32-22-19(12)20(27-21(31)14-6-4-3-5-7-14)28-23(29-22)33-11-18(30)26-17-10-15(24)8-9-16(17)25/h3-10H,11H2,1-2H3,(H,26,30)(H,27,28,29,31). The van der Waals surface area contributed by atoms with Crippen LogP contribution in [-0.2, 0) is 4.79 Å². The Morgan fingerprint density at radius 2 is 1.85 bits per heavy atom. The third-order valence-corrected chi connectivity index (χ3v) is 5.89. The molecule has 168 valence electrons. The van der Waals surface area contributed by atoms with Crippen molar-refractivity contribution < 1.29 is 18.4 Å². The summed E-state index contributed by atoms with van der Waals surface area (Å²) in [6, 6.07) is 12.6. The van der Waals surface area contributed by atoms with Crippen molar-refractivity contribution in [3.8, 4) is 0 Å². The first kappa shape index (κ1) is 22.8. The molecule has 0 spiro atoms. The lowest BCUT2D eigenvalue weighted by molar-refractivity contribution is -0.113. The molecule has 0 aliphatic carbocycles. The number of anilines is 2. The summed E-state index contributed by atoms with van der Waals surface area (Å²) in [4.78, 5) is 33.8. The highest BCUT2D eigenvalue weighted by Crippen LogP contribution is 2.31. The average molecular weight is 485 g/mol. The molecule has 0 saturated carbocycles. The van der Waals surface area contributed by atoms with Gasteiger partial charge in [-0.2, -0.15) is 4.98 Å². The van der Waals surface area contributed by atoms with Crippen molar-refractivity contribution in [3.63, 3.8) is 0 Å². The molecule has 0 aliphatic heterocycles. The summed E-state index contributed by atoms with van der Waals surface area (Å²) in [5, 5.41) is 6.40. The summed E-state index contributed by atoms with van der Waals surface area (Å²) in [6.45, 7) is 3.64. The molecular weight excluding hydrogens is 467 g/mol. The Hall–Kier alpha value is -3.43. The Balaban J connectivity index is 1.56. The molecule has 4 aromatic rings. The minimum atomic E-state index is -0.595. The monoisotopic (exact) mass is 484 g/mol. The van der Waals surface area contributed by atoms with Gasteiger partial charge in [-0.1, -0.05) is 41.6 Å². The van der Waals surface area contributed by atoms with E-state index < -0.39 is 11.7 Å². The number of rotatable bonds is 6. The largest absolute Gasteiger partial charge is 0.443 e. The number of carbonyl (C=O) groups is 2. The van der Waals surface area contributed by atoms with Crippen molar-refractivity contribution in [1.29, 1.82) is 0 Å². The fourth-order valence-electron chi connectivity index (χ4n) is 3.06. The second kappa shape index (κ2) is 9.60. The van der Waals surface area contributed by atoms with Gasteiger partial charge in [-0.3, -0.25) is 9.59 Å². The molecule has 0 saturated heterocycles. The number of aromatic nitrogens is 2. The smallest absolute Gasteiger partial charge is 0.256 e. The van der Waals surface area contributed by atoms with E-state index in [1.54, 1.807) is 31.2 Å². The number of furan rings is 1. The third kappa shape index (κ3) is 5.15. The van der Waals surface area contributed by atoms with E-state index in [9.17, 15) is 14.0 Å². The van der Waals surface area contributed by atoms with Gasteiger partial charge in [0.1, 0.15) is 17.4 Å². The molecule has 33 heavy (non-hydrogen) atoms. The summed E-state index contributed by atoms with van der Waals surface area (Å²) in [5.41, 5.74) is 1.56. The molecule has 2 aromatic heterocycles. The quantitative estimate of drug-likeness (QED) is 0.272. The van der Waals surface area contributed by atoms with E-state index in [2.05, 4.69) is 20.6 Å². The summed E-state index contributed by atoms with van der Waals surface area (Å²) in [5.74, 6) is -0.562. The fraction of sp³-hybridized carbons (Fsp3) is 0.130. The zero-order valence-electron chi connectivity index (χ0n) is 17.6. The minimum absolute atomic E-state index is 0.0161. The number of aryl methyl sites for hydroxylation is 2. The molecule has 7 nitrogen and oxygen atoms in total. The Kier molecular flexibility index (Phi) is 6.62. The van der Waals surface area contributed by atoms with Crippen molar-refractivity contribution in [2.75, 3.05) is 16.4 Å². The van der Waals surface area contributed by atoms with Gasteiger partial charge in [-0.15, -0.1) is 0 Å². The molecule has 0 radical (unpaired) electrons. The van der Waals surface area contributed by atoms with Crippen LogP contribution in [0.1, 0.15) is 21.7 Å². The molecule has 2 amide bonds. The van der Waals surface area contributed by atoms with Crippen LogP contribution in [0, 0.1) is 19.7 Å². The summed E-state index contributed by atoms with van der Waals surface area (Å²) in [7, 11) is 0. The van der Waals surface area contributed by atoms with Crippen molar-refractivity contribution in [1.82, 2.24) is 9.97 Å². The number of nitrogens with zero attached hydrogens (tertiary/aromatic N) is 2. The van der Waals surface area contributed by atoms with Crippen LogP contribution >= 0.6 is 23.4 Å². The van der Waals surface area contributed by atoms with Gasteiger partial charge in [-0.05, 0) is 44.2 Å². The molecule has 0 aliphatic rings. The summed E-state index contributed by atoms with van der Waals surface area (Å²) >= 11 is 6.88. The first-order chi connectivity index (χ1) is 15.8. The number of carbonyl (C=O) groups excluding carboxylic acids is 2. The Bertz CT molecular complexity index is 1360. The highest BCUT2D eigenvalue weighted by Gasteiger charge is 2.19. The highest BCUT2D eigenvalue weighted by atomic mass is 35.5. The normalized spacial score (nSPS) is 10.9. The fourth-order valence-corrected chi connectivity index (χ4v) is 3.87. The second-order valence-corrected chi connectivity index (χ2v) is 8.48. The van der Waals surface area contributed by atoms with Crippen molar-refractivity contribution in [3.05, 3.63) is 76.3 Å². The number of hydrogen-bond donors (Lipinski definition) is 2. The van der Waals surface area contributed by atoms with E-state index in [0.717, 1.165) is 17.3 Å². The topological polar surface area (TPSA) is 97.1 Å². The maximum atomic E-state index is 13.9. The number of nitrogens with one attached hydrogen (secondary N) is 2. The van der Waals surface area contributed by atoms with E-state index in [0.29, 0.717) is 27.4 Å². The molecule has 0 fully saturated rings. The number of hydrogen-bond acceptors (Lipinski definition) is 6.